The second-order valence-corrected chi connectivity index (χ2v) is 2.31. The Kier molecular flexibility index (Phi) is 1.35. The van der Waals surface area contributed by atoms with Crippen LogP contribution in [0.5, 0.6) is 0 Å². The molecule has 2 aromatic rings. The predicted octanol–water partition coefficient (Wildman–Crippen LogP) is 2.58. The molecule has 0 nitrogen and oxygen atoms in total. The van der Waals surface area contributed by atoms with Gasteiger partial charge in [0, 0.05) is 11.5 Å². The van der Waals surface area contributed by atoms with Crippen molar-refractivity contribution in [3.63, 3.8) is 0 Å². The molecule has 2 rings (SSSR count). The molecule has 0 aliphatic carbocycles. The van der Waals surface area contributed by atoms with E-state index in [1.165, 1.54) is 0 Å². The summed E-state index contributed by atoms with van der Waals surface area (Å²) in [4.78, 5) is 0. The van der Waals surface area contributed by atoms with Gasteiger partial charge in [-0.25, -0.2) is 4.39 Å². The van der Waals surface area contributed by atoms with Crippen LogP contribution in [0.1, 0.15) is 0 Å². The Morgan fingerprint density at radius 3 is 2.91 bits per heavy atom. The highest BCUT2D eigenvalue weighted by Crippen LogP contribution is 2.15. The molecule has 0 aliphatic heterocycles. The Labute approximate surface area is 64.3 Å². The van der Waals surface area contributed by atoms with Crippen LogP contribution in [0.25, 0.3) is 10.8 Å². The molecule has 0 saturated heterocycles. The van der Waals surface area contributed by atoms with E-state index in [2.05, 4.69) is 12.1 Å². The Hall–Kier alpha value is -1.37. The van der Waals surface area contributed by atoms with Gasteiger partial charge in [0.05, 0.1) is 0 Å². The highest BCUT2D eigenvalue weighted by atomic mass is 19.1. The van der Waals surface area contributed by atoms with E-state index in [0.717, 1.165) is 5.39 Å². The molecule has 11 heavy (non-hydrogen) atoms. The van der Waals surface area contributed by atoms with Gasteiger partial charge in [-0.2, -0.15) is 0 Å². The molecule has 0 atom stereocenters. The van der Waals surface area contributed by atoms with Crippen molar-refractivity contribution in [2.45, 2.75) is 0 Å². The summed E-state index contributed by atoms with van der Waals surface area (Å²) in [5.74, 6) is -0.295. The lowest BCUT2D eigenvalue weighted by Gasteiger charge is -1.95. The summed E-state index contributed by atoms with van der Waals surface area (Å²) in [5.41, 5.74) is 0. The fourth-order valence-corrected chi connectivity index (χ4v) is 1.06. The summed E-state index contributed by atoms with van der Waals surface area (Å²) >= 11 is 0. The van der Waals surface area contributed by atoms with Crippen molar-refractivity contribution in [1.29, 1.82) is 0 Å². The SMILES string of the molecule is Fc1[c]ccc2c[c]ccc12. The first-order valence-electron chi connectivity index (χ1n) is 3.34. The molecule has 1 heteroatoms. The molecule has 0 bridgehead atoms. The van der Waals surface area contributed by atoms with Crippen molar-refractivity contribution in [2.75, 3.05) is 0 Å². The van der Waals surface area contributed by atoms with Gasteiger partial charge in [0.15, 0.2) is 0 Å². The minimum absolute atomic E-state index is 0.295. The number of halogens is 1. The lowest BCUT2D eigenvalue weighted by molar-refractivity contribution is 0.637. The third kappa shape index (κ3) is 0.984. The van der Waals surface area contributed by atoms with Crippen LogP contribution in [0.4, 0.5) is 4.39 Å². The van der Waals surface area contributed by atoms with Crippen LogP contribution in [0, 0.1) is 17.9 Å². The lowest BCUT2D eigenvalue weighted by Crippen LogP contribution is -1.77. The third-order valence-corrected chi connectivity index (χ3v) is 1.61. The number of hydrogen-bond donors (Lipinski definition) is 0. The molecule has 0 saturated carbocycles. The number of rotatable bonds is 0. The van der Waals surface area contributed by atoms with Gasteiger partial charge in [-0.1, -0.05) is 24.3 Å². The summed E-state index contributed by atoms with van der Waals surface area (Å²) in [6.45, 7) is 0. The first kappa shape index (κ1) is 6.35. The largest absolute Gasteiger partial charge is 0.206 e. The van der Waals surface area contributed by atoms with Crippen molar-refractivity contribution < 1.29 is 4.39 Å². The normalized spacial score (nSPS) is 10.3. The van der Waals surface area contributed by atoms with Crippen molar-refractivity contribution in [2.24, 2.45) is 0 Å². The Balaban J connectivity index is 2.91. The molecule has 52 valence electrons. The molecule has 0 aliphatic rings. The van der Waals surface area contributed by atoms with Crippen LogP contribution < -0.4 is 0 Å². The van der Waals surface area contributed by atoms with E-state index in [9.17, 15) is 4.39 Å². The lowest BCUT2D eigenvalue weighted by atomic mass is 10.1. The minimum Gasteiger partial charge on any atom is -0.206 e. The smallest absolute Gasteiger partial charge is 0.138 e. The van der Waals surface area contributed by atoms with Crippen LogP contribution in [-0.2, 0) is 0 Å². The zero-order valence-electron chi connectivity index (χ0n) is 5.76. The Morgan fingerprint density at radius 2 is 2.09 bits per heavy atom. The second kappa shape index (κ2) is 2.35. The fraction of sp³-hybridized carbons (Fsp3) is 0. The molecular formula is C10H5F. The number of hydrogen-bond acceptors (Lipinski definition) is 0. The summed E-state index contributed by atoms with van der Waals surface area (Å²) in [7, 11) is 0. The zero-order valence-corrected chi connectivity index (χ0v) is 5.76. The average Bonchev–Trinajstić information content (AvgIpc) is 2.06. The monoisotopic (exact) mass is 144 g/mol. The highest BCUT2D eigenvalue weighted by Gasteiger charge is 1.96. The molecule has 2 aromatic carbocycles. The molecule has 0 amide bonds. The van der Waals surface area contributed by atoms with Gasteiger partial charge in [0.2, 0.25) is 0 Å². The van der Waals surface area contributed by atoms with Crippen molar-refractivity contribution in [3.05, 3.63) is 48.3 Å². The molecule has 0 spiro atoms. The molecule has 0 fully saturated rings. The van der Waals surface area contributed by atoms with Crippen LogP contribution in [0.15, 0.2) is 30.3 Å². The number of benzene rings is 2. The fourth-order valence-electron chi connectivity index (χ4n) is 1.06. The quantitative estimate of drug-likeness (QED) is 0.533. The molecule has 0 aromatic heterocycles. The third-order valence-electron chi connectivity index (χ3n) is 1.61. The summed E-state index contributed by atoms with van der Waals surface area (Å²) in [5, 5.41) is 1.47. The molecule has 0 heterocycles. The maximum atomic E-state index is 12.9. The Bertz CT molecular complexity index is 374. The van der Waals surface area contributed by atoms with Crippen LogP contribution >= 0.6 is 0 Å². The first-order chi connectivity index (χ1) is 5.38. The summed E-state index contributed by atoms with van der Waals surface area (Å²) in [6, 6.07) is 13.9. The van der Waals surface area contributed by atoms with E-state index in [0.29, 0.717) is 5.39 Å². The van der Waals surface area contributed by atoms with Crippen LogP contribution in [0.2, 0.25) is 0 Å². The van der Waals surface area contributed by atoms with Crippen LogP contribution in [-0.4, -0.2) is 0 Å². The van der Waals surface area contributed by atoms with Gasteiger partial charge in [-0.15, -0.1) is 0 Å². The van der Waals surface area contributed by atoms with Crippen molar-refractivity contribution in [1.82, 2.24) is 0 Å². The first-order valence-corrected chi connectivity index (χ1v) is 3.34. The average molecular weight is 144 g/mol. The van der Waals surface area contributed by atoms with E-state index in [4.69, 9.17) is 0 Å². The second-order valence-electron chi connectivity index (χ2n) is 2.31. The summed E-state index contributed by atoms with van der Waals surface area (Å²) in [6.07, 6.45) is 0. The Morgan fingerprint density at radius 1 is 1.18 bits per heavy atom. The van der Waals surface area contributed by atoms with E-state index in [1.54, 1.807) is 24.3 Å². The van der Waals surface area contributed by atoms with Crippen LogP contribution in [0.3, 0.4) is 0 Å². The maximum Gasteiger partial charge on any atom is 0.138 e. The van der Waals surface area contributed by atoms with Gasteiger partial charge in [-0.3, -0.25) is 0 Å². The molecule has 0 N–H and O–H groups in total. The maximum absolute atomic E-state index is 12.9. The molecule has 0 unspecified atom stereocenters. The standard InChI is InChI=1S/C10H5F/c11-10-7-3-5-8-4-1-2-6-9(8)10/h2-6H. The van der Waals surface area contributed by atoms with E-state index in [1.807, 2.05) is 6.07 Å². The van der Waals surface area contributed by atoms with Gasteiger partial charge in [-0.05, 0) is 17.5 Å². The minimum atomic E-state index is -0.295. The zero-order chi connectivity index (χ0) is 7.68. The van der Waals surface area contributed by atoms with Crippen molar-refractivity contribution in [3.8, 4) is 0 Å². The molecular weight excluding hydrogens is 139 g/mol. The van der Waals surface area contributed by atoms with E-state index >= 15 is 0 Å². The predicted molar refractivity (Wildman–Crippen MR) is 41.6 cm³/mol. The van der Waals surface area contributed by atoms with E-state index in [-0.39, 0.29) is 5.82 Å². The highest BCUT2D eigenvalue weighted by molar-refractivity contribution is 5.82. The van der Waals surface area contributed by atoms with Crippen molar-refractivity contribution >= 4 is 10.8 Å². The molecule has 2 radical (unpaired) electrons. The van der Waals surface area contributed by atoms with Gasteiger partial charge in [0.25, 0.3) is 0 Å². The topological polar surface area (TPSA) is 0 Å². The van der Waals surface area contributed by atoms with E-state index < -0.39 is 0 Å². The van der Waals surface area contributed by atoms with Gasteiger partial charge in [0.1, 0.15) is 5.82 Å². The summed E-state index contributed by atoms with van der Waals surface area (Å²) < 4.78 is 12.9. The van der Waals surface area contributed by atoms with Gasteiger partial charge >= 0.3 is 0 Å². The number of fused-ring (bicyclic) bond motifs is 1. The van der Waals surface area contributed by atoms with Gasteiger partial charge < -0.3 is 0 Å².